The monoisotopic (exact) mass is 803 g/mol. The topological polar surface area (TPSA) is 149 Å². The van der Waals surface area contributed by atoms with E-state index in [9.17, 15) is 29.1 Å². The van der Waals surface area contributed by atoms with Crippen LogP contribution in [0.5, 0.6) is 11.5 Å². The number of hydrogen-bond acceptors (Lipinski definition) is 9. The molecule has 1 unspecified atom stereocenters. The molecule has 0 aliphatic carbocycles. The molecule has 5 amide bonds. The van der Waals surface area contributed by atoms with E-state index < -0.39 is 29.7 Å². The maximum absolute atomic E-state index is 13.4. The Bertz CT molecular complexity index is 2190. The van der Waals surface area contributed by atoms with Gasteiger partial charge in [0.2, 0.25) is 17.7 Å². The number of benzene rings is 4. The van der Waals surface area contributed by atoms with E-state index in [-0.39, 0.29) is 35.6 Å². The van der Waals surface area contributed by atoms with Gasteiger partial charge in [0.05, 0.1) is 11.1 Å². The summed E-state index contributed by atoms with van der Waals surface area (Å²) in [6.45, 7) is 4.37. The molecule has 0 bridgehead atoms. The van der Waals surface area contributed by atoms with Crippen molar-refractivity contribution < 1.29 is 33.8 Å². The molecule has 0 saturated carbocycles. The summed E-state index contributed by atoms with van der Waals surface area (Å²) in [4.78, 5) is 68.7. The smallest absolute Gasteiger partial charge is 0.264 e. The van der Waals surface area contributed by atoms with Gasteiger partial charge >= 0.3 is 0 Å². The molecular weight excluding hydrogens is 758 g/mol. The number of phenolic OH excluding ortho intramolecular Hbond substituents is 1. The number of halogens is 1. The number of anilines is 1. The molecule has 4 aromatic rings. The third kappa shape index (κ3) is 9.09. The third-order valence-electron chi connectivity index (χ3n) is 10.8. The highest BCUT2D eigenvalue weighted by atomic mass is 35.5. The molecule has 3 aliphatic rings. The van der Waals surface area contributed by atoms with E-state index in [4.69, 9.17) is 16.3 Å². The number of amides is 5. The molecule has 3 N–H and O–H groups in total. The minimum atomic E-state index is -1.03. The number of alkyl halides is 1. The van der Waals surface area contributed by atoms with Crippen LogP contribution >= 0.6 is 11.6 Å². The average Bonchev–Trinajstić information content (AvgIpc) is 3.49. The molecule has 300 valence electrons. The molecule has 58 heavy (non-hydrogen) atoms. The first-order valence-corrected chi connectivity index (χ1v) is 20.2. The summed E-state index contributed by atoms with van der Waals surface area (Å²) in [5.74, 6) is -0.699. The van der Waals surface area contributed by atoms with Crippen LogP contribution in [-0.4, -0.2) is 107 Å². The van der Waals surface area contributed by atoms with Gasteiger partial charge in [-0.05, 0) is 83.5 Å². The SMILES string of the molecule is O=C1CCC(N2C(=O)c3cccc(NCCCC(=O)N4CCN(CCOc5ccc(C(=C(CCCl)c6ccccc6)c6ccc(O)cc6)cc5)CC4)c3C2=O)C(=O)N1. The Morgan fingerprint density at radius 1 is 0.810 bits per heavy atom. The van der Waals surface area contributed by atoms with Crippen LogP contribution in [0, 0.1) is 0 Å². The van der Waals surface area contributed by atoms with Crippen LogP contribution < -0.4 is 15.4 Å². The Kier molecular flexibility index (Phi) is 12.8. The van der Waals surface area contributed by atoms with E-state index in [1.165, 1.54) is 0 Å². The van der Waals surface area contributed by atoms with Gasteiger partial charge in [-0.2, -0.15) is 0 Å². The zero-order valence-electron chi connectivity index (χ0n) is 32.1. The van der Waals surface area contributed by atoms with Gasteiger partial charge in [-0.3, -0.25) is 39.1 Å². The number of carbonyl (C=O) groups is 5. The molecule has 1 atom stereocenters. The lowest BCUT2D eigenvalue weighted by Gasteiger charge is -2.34. The van der Waals surface area contributed by atoms with Gasteiger partial charge in [-0.15, -0.1) is 11.6 Å². The molecular formula is C45H46ClN5O7. The molecule has 7 rings (SSSR count). The van der Waals surface area contributed by atoms with Crippen LogP contribution in [0.15, 0.2) is 97.1 Å². The zero-order valence-corrected chi connectivity index (χ0v) is 32.9. The number of rotatable bonds is 15. The summed E-state index contributed by atoms with van der Waals surface area (Å²) in [7, 11) is 0. The van der Waals surface area contributed by atoms with E-state index in [1.807, 2.05) is 47.4 Å². The first-order valence-electron chi connectivity index (χ1n) is 19.7. The van der Waals surface area contributed by atoms with Crippen LogP contribution in [0.4, 0.5) is 5.69 Å². The summed E-state index contributed by atoms with van der Waals surface area (Å²) in [5, 5.41) is 15.4. The number of hydrogen-bond donors (Lipinski definition) is 3. The first kappa shape index (κ1) is 40.2. The van der Waals surface area contributed by atoms with Gasteiger partial charge < -0.3 is 20.1 Å². The van der Waals surface area contributed by atoms with Gasteiger partial charge in [-0.25, -0.2) is 0 Å². The lowest BCUT2D eigenvalue weighted by Crippen LogP contribution is -2.54. The van der Waals surface area contributed by atoms with Gasteiger partial charge in [-0.1, -0.05) is 60.7 Å². The number of nitrogens with zero attached hydrogens (tertiary/aromatic N) is 3. The van der Waals surface area contributed by atoms with Crippen molar-refractivity contribution in [1.29, 1.82) is 0 Å². The van der Waals surface area contributed by atoms with E-state index in [2.05, 4.69) is 39.8 Å². The second-order valence-corrected chi connectivity index (χ2v) is 14.9. The highest BCUT2D eigenvalue weighted by molar-refractivity contribution is 6.25. The molecule has 13 heteroatoms. The summed E-state index contributed by atoms with van der Waals surface area (Å²) >= 11 is 6.30. The fourth-order valence-corrected chi connectivity index (χ4v) is 7.99. The van der Waals surface area contributed by atoms with E-state index in [0.29, 0.717) is 57.1 Å². The van der Waals surface area contributed by atoms with Crippen molar-refractivity contribution in [2.45, 2.75) is 38.1 Å². The molecule has 2 fully saturated rings. The zero-order chi connectivity index (χ0) is 40.6. The maximum atomic E-state index is 13.4. The number of carbonyl (C=O) groups excluding carboxylic acids is 5. The van der Waals surface area contributed by atoms with Crippen molar-refractivity contribution in [2.24, 2.45) is 0 Å². The number of nitrogens with one attached hydrogen (secondary N) is 2. The molecule has 12 nitrogen and oxygen atoms in total. The van der Waals surface area contributed by atoms with Crippen molar-refractivity contribution in [3.8, 4) is 11.5 Å². The molecule has 0 radical (unpaired) electrons. The minimum Gasteiger partial charge on any atom is -0.508 e. The van der Waals surface area contributed by atoms with Crippen LogP contribution in [0.25, 0.3) is 11.1 Å². The summed E-state index contributed by atoms with van der Waals surface area (Å²) < 4.78 is 6.15. The largest absolute Gasteiger partial charge is 0.508 e. The fourth-order valence-electron chi connectivity index (χ4n) is 7.81. The number of phenols is 1. The quantitative estimate of drug-likeness (QED) is 0.0588. The minimum absolute atomic E-state index is 0.0547. The standard InChI is InChI=1S/C45H46ClN5O7/c46-22-21-35(30-6-2-1-3-7-30)41(31-11-15-33(52)16-12-31)32-13-17-34(18-14-32)58-29-28-49-24-26-50(27-25-49)40(54)10-5-23-47-37-9-4-8-36-42(37)45(57)51(44(36)56)38-19-20-39(53)48-43(38)55/h1-4,6-9,11-18,38,47,52H,5,10,19-29H2,(H,48,53,55). The van der Waals surface area contributed by atoms with Gasteiger partial charge in [0.15, 0.2) is 0 Å². The third-order valence-corrected chi connectivity index (χ3v) is 11.0. The number of allylic oxidation sites excluding steroid dienone is 1. The predicted molar refractivity (Wildman–Crippen MR) is 222 cm³/mol. The first-order chi connectivity index (χ1) is 28.2. The van der Waals surface area contributed by atoms with Gasteiger partial charge in [0, 0.05) is 63.7 Å². The van der Waals surface area contributed by atoms with Crippen molar-refractivity contribution in [3.63, 3.8) is 0 Å². The fraction of sp³-hybridized carbons (Fsp3) is 0.311. The Balaban J connectivity index is 0.863. The molecule has 3 heterocycles. The lowest BCUT2D eigenvalue weighted by molar-refractivity contribution is -0.136. The molecule has 2 saturated heterocycles. The normalized spacial score (nSPS) is 17.5. The second-order valence-electron chi connectivity index (χ2n) is 14.5. The molecule has 4 aromatic carbocycles. The number of imide groups is 2. The Hall–Kier alpha value is -5.98. The van der Waals surface area contributed by atoms with E-state index in [1.54, 1.807) is 30.3 Å². The number of piperidine rings is 1. The van der Waals surface area contributed by atoms with Crippen LogP contribution in [0.1, 0.15) is 69.5 Å². The Labute approximate surface area is 342 Å². The van der Waals surface area contributed by atoms with Crippen LogP contribution in [0.2, 0.25) is 0 Å². The van der Waals surface area contributed by atoms with E-state index >= 15 is 0 Å². The Morgan fingerprint density at radius 3 is 2.21 bits per heavy atom. The predicted octanol–water partition coefficient (Wildman–Crippen LogP) is 5.80. The van der Waals surface area contributed by atoms with Gasteiger partial charge in [0.25, 0.3) is 11.8 Å². The second kappa shape index (κ2) is 18.5. The average molecular weight is 804 g/mol. The van der Waals surface area contributed by atoms with Gasteiger partial charge in [0.1, 0.15) is 24.1 Å². The van der Waals surface area contributed by atoms with Crippen molar-refractivity contribution >= 4 is 58.0 Å². The highest BCUT2D eigenvalue weighted by Gasteiger charge is 2.45. The molecule has 0 aromatic heterocycles. The maximum Gasteiger partial charge on any atom is 0.264 e. The molecule has 3 aliphatic heterocycles. The lowest BCUT2D eigenvalue weighted by atomic mass is 9.88. The van der Waals surface area contributed by atoms with Crippen LogP contribution in [0.3, 0.4) is 0 Å². The van der Waals surface area contributed by atoms with E-state index in [0.717, 1.165) is 58.1 Å². The number of ether oxygens (including phenoxy) is 1. The van der Waals surface area contributed by atoms with Crippen molar-refractivity contribution in [3.05, 3.63) is 125 Å². The highest BCUT2D eigenvalue weighted by Crippen LogP contribution is 2.36. The summed E-state index contributed by atoms with van der Waals surface area (Å²) in [6.07, 6.45) is 1.68. The van der Waals surface area contributed by atoms with Crippen molar-refractivity contribution in [2.75, 3.05) is 57.1 Å². The van der Waals surface area contributed by atoms with Crippen LogP contribution in [-0.2, 0) is 14.4 Å². The Morgan fingerprint density at radius 2 is 1.52 bits per heavy atom. The summed E-state index contributed by atoms with van der Waals surface area (Å²) in [6, 6.07) is 29.4. The number of piperazine rings is 1. The number of fused-ring (bicyclic) bond motifs is 1. The molecule has 0 spiro atoms. The van der Waals surface area contributed by atoms with Crippen molar-refractivity contribution in [1.82, 2.24) is 20.0 Å². The number of aromatic hydroxyl groups is 1. The summed E-state index contributed by atoms with van der Waals surface area (Å²) in [5.41, 5.74) is 6.16.